The van der Waals surface area contributed by atoms with Gasteiger partial charge in [0.1, 0.15) is 5.75 Å². The SMILES string of the molecule is CCc1ccc(CCOc2ccc(CC3SC(=O)NC3=O)cc2)nc1.[CaH2]. The molecule has 5 nitrogen and oxygen atoms in total. The molecular weight excluding hydrogens is 376 g/mol. The van der Waals surface area contributed by atoms with E-state index in [0.717, 1.165) is 41.6 Å². The van der Waals surface area contributed by atoms with Crippen molar-refractivity contribution in [2.75, 3.05) is 6.61 Å². The van der Waals surface area contributed by atoms with E-state index in [1.165, 1.54) is 5.56 Å². The van der Waals surface area contributed by atoms with Crippen LogP contribution in [0.15, 0.2) is 42.6 Å². The average Bonchev–Trinajstić information content (AvgIpc) is 2.94. The molecule has 2 aromatic rings. The molecule has 0 bridgehead atoms. The van der Waals surface area contributed by atoms with Gasteiger partial charge in [-0.3, -0.25) is 19.9 Å². The quantitative estimate of drug-likeness (QED) is 0.725. The molecule has 2 heterocycles. The molecule has 1 aromatic heterocycles. The van der Waals surface area contributed by atoms with E-state index < -0.39 is 0 Å². The summed E-state index contributed by atoms with van der Waals surface area (Å²) in [6.07, 6.45) is 4.19. The van der Waals surface area contributed by atoms with Crippen LogP contribution in [0.3, 0.4) is 0 Å². The zero-order valence-electron chi connectivity index (χ0n) is 14.0. The van der Waals surface area contributed by atoms with E-state index >= 15 is 0 Å². The third-order valence-electron chi connectivity index (χ3n) is 4.03. The first-order valence-electron chi connectivity index (χ1n) is 8.31. The predicted octanol–water partition coefficient (Wildman–Crippen LogP) is 2.24. The van der Waals surface area contributed by atoms with E-state index in [9.17, 15) is 9.59 Å². The van der Waals surface area contributed by atoms with Crippen LogP contribution in [0.5, 0.6) is 5.75 Å². The number of carbonyl (C=O) groups excluding carboxylic acids is 2. The molecule has 1 saturated heterocycles. The Labute approximate surface area is 187 Å². The number of hydrogen-bond donors (Lipinski definition) is 1. The van der Waals surface area contributed by atoms with Gasteiger partial charge in [-0.05, 0) is 42.2 Å². The van der Waals surface area contributed by atoms with Gasteiger partial charge in [0.25, 0.3) is 5.24 Å². The van der Waals surface area contributed by atoms with Crippen molar-refractivity contribution in [3.8, 4) is 5.75 Å². The van der Waals surface area contributed by atoms with E-state index in [1.807, 2.05) is 36.5 Å². The van der Waals surface area contributed by atoms with Crippen molar-refractivity contribution in [1.29, 1.82) is 0 Å². The normalized spacial score (nSPS) is 16.1. The molecule has 1 aliphatic rings. The second-order valence-corrected chi connectivity index (χ2v) is 7.02. The molecule has 0 saturated carbocycles. The summed E-state index contributed by atoms with van der Waals surface area (Å²) in [7, 11) is 0. The van der Waals surface area contributed by atoms with Crippen molar-refractivity contribution in [2.24, 2.45) is 0 Å². The van der Waals surface area contributed by atoms with Crippen LogP contribution in [0.1, 0.15) is 23.7 Å². The number of nitrogens with one attached hydrogen (secondary N) is 1. The Balaban J connectivity index is 0.00000243. The zero-order valence-corrected chi connectivity index (χ0v) is 14.8. The number of imide groups is 1. The van der Waals surface area contributed by atoms with Crippen molar-refractivity contribution < 1.29 is 14.3 Å². The average molecular weight is 399 g/mol. The van der Waals surface area contributed by atoms with Crippen LogP contribution in [-0.4, -0.2) is 65.7 Å². The van der Waals surface area contributed by atoms with E-state index in [2.05, 4.69) is 23.3 Å². The Bertz CT molecular complexity index is 750. The molecule has 134 valence electrons. The maximum atomic E-state index is 11.6. The fourth-order valence-corrected chi connectivity index (χ4v) is 3.41. The minimum absolute atomic E-state index is 0. The van der Waals surface area contributed by atoms with Gasteiger partial charge in [0.2, 0.25) is 5.91 Å². The summed E-state index contributed by atoms with van der Waals surface area (Å²) in [6, 6.07) is 11.8. The second kappa shape index (κ2) is 10.3. The molecule has 1 N–H and O–H groups in total. The number of hydrogen-bond acceptors (Lipinski definition) is 5. The summed E-state index contributed by atoms with van der Waals surface area (Å²) >= 11 is 1.05. The van der Waals surface area contributed by atoms with Crippen LogP contribution >= 0.6 is 11.8 Å². The molecule has 0 radical (unpaired) electrons. The molecule has 7 heteroatoms. The molecule has 3 rings (SSSR count). The van der Waals surface area contributed by atoms with Crippen molar-refractivity contribution >= 4 is 60.6 Å². The zero-order chi connectivity index (χ0) is 17.6. The first-order valence-corrected chi connectivity index (χ1v) is 9.19. The van der Waals surface area contributed by atoms with Gasteiger partial charge in [-0.25, -0.2) is 0 Å². The van der Waals surface area contributed by atoms with Crippen LogP contribution in [0.2, 0.25) is 0 Å². The van der Waals surface area contributed by atoms with Gasteiger partial charge < -0.3 is 4.74 Å². The van der Waals surface area contributed by atoms with Gasteiger partial charge in [0.15, 0.2) is 0 Å². The molecule has 1 aromatic carbocycles. The first-order chi connectivity index (χ1) is 12.1. The number of thioether (sulfide) groups is 1. The fraction of sp³-hybridized carbons (Fsp3) is 0.316. The summed E-state index contributed by atoms with van der Waals surface area (Å²) in [5.41, 5.74) is 3.25. The number of aryl methyl sites for hydroxylation is 1. The molecule has 0 aliphatic carbocycles. The first kappa shape index (κ1) is 21.2. The molecule has 1 aliphatic heterocycles. The number of carbonyl (C=O) groups is 2. The fourth-order valence-electron chi connectivity index (χ4n) is 2.55. The Hall–Kier alpha value is -1.08. The van der Waals surface area contributed by atoms with E-state index in [4.69, 9.17) is 4.74 Å². The number of pyridine rings is 1. The summed E-state index contributed by atoms with van der Waals surface area (Å²) in [6.45, 7) is 2.67. The van der Waals surface area contributed by atoms with E-state index in [0.29, 0.717) is 13.0 Å². The third-order valence-corrected chi connectivity index (χ3v) is 5.01. The monoisotopic (exact) mass is 398 g/mol. The summed E-state index contributed by atoms with van der Waals surface area (Å²) < 4.78 is 5.75. The Morgan fingerprint density at radius 1 is 1.12 bits per heavy atom. The number of amides is 2. The van der Waals surface area contributed by atoms with Crippen molar-refractivity contribution in [1.82, 2.24) is 10.3 Å². The molecule has 0 spiro atoms. The number of rotatable bonds is 7. The van der Waals surface area contributed by atoms with Gasteiger partial charge in [0, 0.05) is 18.3 Å². The Morgan fingerprint density at radius 2 is 1.85 bits per heavy atom. The van der Waals surface area contributed by atoms with Gasteiger partial charge in [-0.15, -0.1) is 0 Å². The molecule has 26 heavy (non-hydrogen) atoms. The molecular formula is C19H22CaN2O3S. The van der Waals surface area contributed by atoms with Crippen LogP contribution < -0.4 is 10.1 Å². The number of nitrogens with zero attached hydrogens (tertiary/aromatic N) is 1. The Kier molecular flexibility index (Phi) is 8.41. The number of aromatic nitrogens is 1. The topological polar surface area (TPSA) is 68.3 Å². The summed E-state index contributed by atoms with van der Waals surface area (Å²) in [5, 5.41) is 1.70. The standard InChI is InChI=1S/C19H20N2O3S.Ca.2H/c1-2-13-3-6-15(20-12-13)9-10-24-16-7-4-14(5-8-16)11-17-18(22)21-19(23)25-17;;;/h3-8,12,17H,2,9-11H2,1H3,(H,21,22,23);;;. The van der Waals surface area contributed by atoms with Gasteiger partial charge >= 0.3 is 37.7 Å². The molecule has 2 amide bonds. The summed E-state index contributed by atoms with van der Waals surface area (Å²) in [4.78, 5) is 27.2. The minimum atomic E-state index is -0.337. The van der Waals surface area contributed by atoms with Crippen LogP contribution in [-0.2, 0) is 24.1 Å². The van der Waals surface area contributed by atoms with Crippen molar-refractivity contribution in [3.63, 3.8) is 0 Å². The van der Waals surface area contributed by atoms with Crippen molar-refractivity contribution in [2.45, 2.75) is 31.4 Å². The van der Waals surface area contributed by atoms with Gasteiger partial charge in [0.05, 0.1) is 11.9 Å². The van der Waals surface area contributed by atoms with Gasteiger partial charge in [-0.2, -0.15) is 0 Å². The van der Waals surface area contributed by atoms with Crippen molar-refractivity contribution in [3.05, 3.63) is 59.4 Å². The third kappa shape index (κ3) is 5.98. The van der Waals surface area contributed by atoms with Gasteiger partial charge in [-0.1, -0.05) is 36.9 Å². The van der Waals surface area contributed by atoms with E-state index in [1.54, 1.807) is 0 Å². The number of benzene rings is 1. The van der Waals surface area contributed by atoms with Crippen LogP contribution in [0.4, 0.5) is 4.79 Å². The molecule has 1 unspecified atom stereocenters. The predicted molar refractivity (Wildman–Crippen MR) is 106 cm³/mol. The molecule has 1 fully saturated rings. The Morgan fingerprint density at radius 3 is 2.42 bits per heavy atom. The molecule has 1 atom stereocenters. The second-order valence-electron chi connectivity index (χ2n) is 5.84. The number of ether oxygens (including phenoxy) is 1. The van der Waals surface area contributed by atoms with Crippen LogP contribution in [0.25, 0.3) is 0 Å². The van der Waals surface area contributed by atoms with Crippen LogP contribution in [0, 0.1) is 0 Å². The van der Waals surface area contributed by atoms with E-state index in [-0.39, 0.29) is 54.1 Å². The summed E-state index contributed by atoms with van der Waals surface area (Å²) in [5.74, 6) is 0.574. The maximum absolute atomic E-state index is 11.6.